The molecule has 0 saturated heterocycles. The van der Waals surface area contributed by atoms with Gasteiger partial charge in [0.25, 0.3) is 0 Å². The average Bonchev–Trinajstić information content (AvgIpc) is 2.82. The quantitative estimate of drug-likeness (QED) is 0.844. The molecular weight excluding hydrogens is 296 g/mol. The number of nitrogens with one attached hydrogen (secondary N) is 1. The number of esters is 1. The summed E-state index contributed by atoms with van der Waals surface area (Å²) in [5.74, 6) is -0.316. The average molecular weight is 310 g/mol. The van der Waals surface area contributed by atoms with Crippen molar-refractivity contribution in [1.29, 1.82) is 0 Å². The maximum atomic E-state index is 12.0. The number of carbonyl (C=O) groups is 1. The molecule has 2 aromatic rings. The van der Waals surface area contributed by atoms with Crippen molar-refractivity contribution in [2.45, 2.75) is 12.7 Å². The van der Waals surface area contributed by atoms with E-state index in [4.69, 9.17) is 4.52 Å². The highest BCUT2D eigenvalue weighted by Gasteiger charge is 2.15. The van der Waals surface area contributed by atoms with E-state index >= 15 is 0 Å². The molecule has 21 heavy (non-hydrogen) atoms. The van der Waals surface area contributed by atoms with E-state index < -0.39 is 16.0 Å². The minimum atomic E-state index is -3.65. The van der Waals surface area contributed by atoms with E-state index in [1.165, 1.54) is 25.3 Å². The molecule has 0 saturated carbocycles. The number of carbonyl (C=O) groups excluding carboxylic acids is 1. The Balaban J connectivity index is 2.15. The van der Waals surface area contributed by atoms with E-state index in [-0.39, 0.29) is 17.0 Å². The first-order valence-corrected chi connectivity index (χ1v) is 7.66. The van der Waals surface area contributed by atoms with Crippen molar-refractivity contribution in [3.8, 4) is 0 Å². The Hall–Kier alpha value is -2.35. The summed E-state index contributed by atoms with van der Waals surface area (Å²) >= 11 is 0. The minimum Gasteiger partial charge on any atom is -0.465 e. The summed E-state index contributed by atoms with van der Waals surface area (Å²) in [6.07, 6.45) is 0. The fourth-order valence-corrected chi connectivity index (χ4v) is 2.81. The van der Waals surface area contributed by atoms with Gasteiger partial charge >= 0.3 is 5.97 Å². The Morgan fingerprint density at radius 2 is 2.14 bits per heavy atom. The first-order valence-electron chi connectivity index (χ1n) is 6.01. The number of rotatable bonds is 5. The summed E-state index contributed by atoms with van der Waals surface area (Å²) in [5.41, 5.74) is 0.845. The second-order valence-electron chi connectivity index (χ2n) is 4.36. The van der Waals surface area contributed by atoms with Gasteiger partial charge in [0.15, 0.2) is 0 Å². The molecule has 0 spiro atoms. The van der Waals surface area contributed by atoms with Gasteiger partial charge in [-0.2, -0.15) is 0 Å². The number of hydrogen-bond acceptors (Lipinski definition) is 6. The Kier molecular flexibility index (Phi) is 4.27. The number of aromatic nitrogens is 1. The number of nitrogens with zero attached hydrogens (tertiary/aromatic N) is 1. The van der Waals surface area contributed by atoms with E-state index in [2.05, 4.69) is 14.6 Å². The number of anilines is 1. The van der Waals surface area contributed by atoms with Gasteiger partial charge in [-0.3, -0.25) is 4.72 Å². The second kappa shape index (κ2) is 5.96. The normalized spacial score (nSPS) is 11.1. The first-order chi connectivity index (χ1) is 9.89. The van der Waals surface area contributed by atoms with E-state index in [1.54, 1.807) is 19.1 Å². The Labute approximate surface area is 121 Å². The maximum Gasteiger partial charge on any atom is 0.337 e. The third-order valence-electron chi connectivity index (χ3n) is 2.57. The lowest BCUT2D eigenvalue weighted by atomic mass is 10.2. The zero-order chi connectivity index (χ0) is 15.5. The molecule has 0 atom stereocenters. The second-order valence-corrected chi connectivity index (χ2v) is 6.08. The number of sulfonamides is 1. The van der Waals surface area contributed by atoms with Crippen LogP contribution in [0.15, 0.2) is 34.9 Å². The fraction of sp³-hybridized carbons (Fsp3) is 0.231. The Morgan fingerprint density at radius 1 is 1.38 bits per heavy atom. The molecule has 0 aliphatic carbocycles. The zero-order valence-electron chi connectivity index (χ0n) is 11.5. The summed E-state index contributed by atoms with van der Waals surface area (Å²) in [5, 5.41) is 3.63. The van der Waals surface area contributed by atoms with Gasteiger partial charge in [0.05, 0.1) is 12.7 Å². The molecule has 112 valence electrons. The molecule has 1 aromatic heterocycles. The summed E-state index contributed by atoms with van der Waals surface area (Å²) in [7, 11) is -2.39. The molecule has 0 aliphatic heterocycles. The summed E-state index contributed by atoms with van der Waals surface area (Å²) in [6.45, 7) is 1.68. The van der Waals surface area contributed by atoms with Gasteiger partial charge in [0.1, 0.15) is 17.2 Å². The first kappa shape index (κ1) is 15.0. The molecule has 1 heterocycles. The number of ether oxygens (including phenoxy) is 1. The molecule has 0 amide bonds. The van der Waals surface area contributed by atoms with Crippen molar-refractivity contribution in [3.63, 3.8) is 0 Å². The van der Waals surface area contributed by atoms with E-state index in [0.717, 1.165) is 0 Å². The molecule has 0 unspecified atom stereocenters. The predicted octanol–water partition coefficient (Wildman–Crippen LogP) is 1.71. The highest BCUT2D eigenvalue weighted by Crippen LogP contribution is 2.15. The lowest BCUT2D eigenvalue weighted by molar-refractivity contribution is 0.0601. The topological polar surface area (TPSA) is 98.5 Å². The van der Waals surface area contributed by atoms with Crippen molar-refractivity contribution in [3.05, 3.63) is 47.3 Å². The zero-order valence-corrected chi connectivity index (χ0v) is 12.3. The minimum absolute atomic E-state index is 0.259. The standard InChI is InChI=1S/C13H14N2O5S/c1-9-6-12(14-20-9)8-21(17,18)15-11-5-3-4-10(7-11)13(16)19-2/h3-7,15H,8H2,1-2H3. The molecule has 8 heteroatoms. The van der Waals surface area contributed by atoms with Crippen molar-refractivity contribution in [2.75, 3.05) is 11.8 Å². The van der Waals surface area contributed by atoms with Crippen LogP contribution in [0.5, 0.6) is 0 Å². The molecule has 0 aliphatic rings. The van der Waals surface area contributed by atoms with Crippen LogP contribution in [0.4, 0.5) is 5.69 Å². The Bertz CT molecular complexity index is 751. The fourth-order valence-electron chi connectivity index (χ4n) is 1.72. The lowest BCUT2D eigenvalue weighted by Crippen LogP contribution is -2.15. The lowest BCUT2D eigenvalue weighted by Gasteiger charge is -2.07. The van der Waals surface area contributed by atoms with Crippen molar-refractivity contribution >= 4 is 21.7 Å². The highest BCUT2D eigenvalue weighted by atomic mass is 32.2. The van der Waals surface area contributed by atoms with Crippen LogP contribution in [0.2, 0.25) is 0 Å². The predicted molar refractivity (Wildman–Crippen MR) is 75.3 cm³/mol. The van der Waals surface area contributed by atoms with Gasteiger partial charge in [-0.25, -0.2) is 13.2 Å². The van der Waals surface area contributed by atoms with Crippen molar-refractivity contribution in [1.82, 2.24) is 5.16 Å². The summed E-state index contributed by atoms with van der Waals surface area (Å²) in [4.78, 5) is 11.4. The van der Waals surface area contributed by atoms with Gasteiger partial charge in [-0.05, 0) is 25.1 Å². The SMILES string of the molecule is COC(=O)c1cccc(NS(=O)(=O)Cc2cc(C)on2)c1. The number of aryl methyl sites for hydroxylation is 1. The number of methoxy groups -OCH3 is 1. The maximum absolute atomic E-state index is 12.0. The van der Waals surface area contributed by atoms with Crippen LogP contribution in [0.1, 0.15) is 21.8 Å². The van der Waals surface area contributed by atoms with Crippen LogP contribution < -0.4 is 4.72 Å². The molecule has 0 fully saturated rings. The molecule has 1 aromatic carbocycles. The molecule has 7 nitrogen and oxygen atoms in total. The van der Waals surface area contributed by atoms with Crippen LogP contribution in [0.3, 0.4) is 0 Å². The van der Waals surface area contributed by atoms with Crippen LogP contribution in [-0.4, -0.2) is 26.7 Å². The van der Waals surface area contributed by atoms with Crippen molar-refractivity contribution in [2.24, 2.45) is 0 Å². The number of benzene rings is 1. The van der Waals surface area contributed by atoms with Gasteiger partial charge in [0.2, 0.25) is 10.0 Å². The van der Waals surface area contributed by atoms with Gasteiger partial charge in [-0.1, -0.05) is 11.2 Å². The molecule has 1 N–H and O–H groups in total. The van der Waals surface area contributed by atoms with E-state index in [0.29, 0.717) is 11.5 Å². The molecule has 2 rings (SSSR count). The van der Waals surface area contributed by atoms with E-state index in [1.807, 2.05) is 0 Å². The molecular formula is C13H14N2O5S. The summed E-state index contributed by atoms with van der Waals surface area (Å²) in [6, 6.07) is 7.58. The number of hydrogen-bond donors (Lipinski definition) is 1. The molecule has 0 radical (unpaired) electrons. The van der Waals surface area contributed by atoms with Crippen LogP contribution in [0.25, 0.3) is 0 Å². The van der Waals surface area contributed by atoms with Gasteiger partial charge in [-0.15, -0.1) is 0 Å². The van der Waals surface area contributed by atoms with Crippen LogP contribution in [-0.2, 0) is 20.5 Å². The largest absolute Gasteiger partial charge is 0.465 e. The third kappa shape index (κ3) is 4.06. The van der Waals surface area contributed by atoms with Crippen molar-refractivity contribution < 1.29 is 22.5 Å². The van der Waals surface area contributed by atoms with Crippen LogP contribution in [0, 0.1) is 6.92 Å². The molecule has 0 bridgehead atoms. The smallest absolute Gasteiger partial charge is 0.337 e. The Morgan fingerprint density at radius 3 is 2.76 bits per heavy atom. The van der Waals surface area contributed by atoms with E-state index in [9.17, 15) is 13.2 Å². The monoisotopic (exact) mass is 310 g/mol. The highest BCUT2D eigenvalue weighted by molar-refractivity contribution is 7.91. The van der Waals surface area contributed by atoms with Gasteiger partial charge in [0, 0.05) is 11.8 Å². The van der Waals surface area contributed by atoms with Gasteiger partial charge < -0.3 is 9.26 Å². The summed E-state index contributed by atoms with van der Waals surface area (Å²) < 4.78 is 35.8. The van der Waals surface area contributed by atoms with Crippen LogP contribution >= 0.6 is 0 Å². The third-order valence-corrected chi connectivity index (χ3v) is 3.79.